The van der Waals surface area contributed by atoms with Crippen molar-refractivity contribution in [2.24, 2.45) is 17.1 Å². The standard InChI is InChI=1S/C44H72N6O9S/c1-8-10-12-13-21-50(40(53)14-11-9-2)37(31(3)4)27-38(59-32(5)51)42-49-36(30-60-42)41(54)48-35(28-44(6,7)43(55)56)26-33-15-17-34(18-16-33)47-29-39(52)46-20-23-58-25-24-57-22-19-45/h15-18,30-31,35,37-38,47H,8-14,19-29,45H2,1-7H3,(H,46,52)(H,48,54)(H,55,56). The van der Waals surface area contributed by atoms with Gasteiger partial charge in [-0.1, -0.05) is 65.5 Å². The molecule has 0 saturated heterocycles. The van der Waals surface area contributed by atoms with Gasteiger partial charge in [0.15, 0.2) is 6.10 Å². The van der Waals surface area contributed by atoms with E-state index < -0.39 is 35.4 Å². The van der Waals surface area contributed by atoms with E-state index in [1.54, 1.807) is 19.2 Å². The molecule has 0 aliphatic carbocycles. The Bertz CT molecular complexity index is 1590. The largest absolute Gasteiger partial charge is 0.481 e. The second kappa shape index (κ2) is 28.4. The van der Waals surface area contributed by atoms with Crippen molar-refractivity contribution < 1.29 is 43.3 Å². The van der Waals surface area contributed by atoms with Gasteiger partial charge in [0.05, 0.1) is 38.4 Å². The molecule has 1 aromatic carbocycles. The predicted octanol–water partition coefficient (Wildman–Crippen LogP) is 6.12. The van der Waals surface area contributed by atoms with Gasteiger partial charge in [-0.3, -0.25) is 24.0 Å². The SMILES string of the molecule is CCCCCCN(C(=O)CCCC)C(CC(OC(C)=O)c1nc(C(=O)NC(Cc2ccc(NCC(=O)NCCOCCOCCN)cc2)CC(C)(C)C(=O)O)cs1)C(C)C. The van der Waals surface area contributed by atoms with Gasteiger partial charge in [-0.05, 0) is 63.1 Å². The third-order valence-corrected chi connectivity index (χ3v) is 11.0. The number of nitrogens with zero attached hydrogens (tertiary/aromatic N) is 2. The molecule has 0 aliphatic heterocycles. The number of hydrogen-bond donors (Lipinski definition) is 5. The number of benzene rings is 1. The van der Waals surface area contributed by atoms with Crippen molar-refractivity contribution in [3.8, 4) is 0 Å². The van der Waals surface area contributed by atoms with Crippen LogP contribution in [0.5, 0.6) is 0 Å². The molecular weight excluding hydrogens is 789 g/mol. The molecule has 0 saturated carbocycles. The van der Waals surface area contributed by atoms with Crippen LogP contribution in [0.15, 0.2) is 29.6 Å². The summed E-state index contributed by atoms with van der Waals surface area (Å²) in [5, 5.41) is 20.9. The van der Waals surface area contributed by atoms with E-state index >= 15 is 0 Å². The Balaban J connectivity index is 2.17. The number of rotatable bonds is 32. The molecule has 16 heteroatoms. The maximum Gasteiger partial charge on any atom is 0.309 e. The van der Waals surface area contributed by atoms with Crippen LogP contribution in [0, 0.1) is 11.3 Å². The summed E-state index contributed by atoms with van der Waals surface area (Å²) in [4.78, 5) is 70.8. The molecule has 3 amide bonds. The summed E-state index contributed by atoms with van der Waals surface area (Å²) < 4.78 is 16.5. The van der Waals surface area contributed by atoms with Crippen molar-refractivity contribution >= 4 is 46.7 Å². The minimum absolute atomic E-state index is 0.0604. The van der Waals surface area contributed by atoms with E-state index in [-0.39, 0.29) is 42.4 Å². The van der Waals surface area contributed by atoms with Crippen LogP contribution in [0.4, 0.5) is 5.69 Å². The smallest absolute Gasteiger partial charge is 0.309 e. The van der Waals surface area contributed by atoms with Crippen molar-refractivity contribution in [1.82, 2.24) is 20.5 Å². The van der Waals surface area contributed by atoms with Gasteiger partial charge in [0, 0.05) is 62.6 Å². The summed E-state index contributed by atoms with van der Waals surface area (Å²) in [5.41, 5.74) is 5.93. The third-order valence-electron chi connectivity index (χ3n) is 10.0. The highest BCUT2D eigenvalue weighted by Gasteiger charge is 2.34. The number of anilines is 1. The van der Waals surface area contributed by atoms with Gasteiger partial charge in [-0.2, -0.15) is 0 Å². The molecular formula is C44H72N6O9S. The molecule has 1 aromatic heterocycles. The van der Waals surface area contributed by atoms with Crippen molar-refractivity contribution in [1.29, 1.82) is 0 Å². The van der Waals surface area contributed by atoms with Crippen LogP contribution in [0.3, 0.4) is 0 Å². The fourth-order valence-electron chi connectivity index (χ4n) is 6.67. The Morgan fingerprint density at radius 3 is 2.25 bits per heavy atom. The summed E-state index contributed by atoms with van der Waals surface area (Å²) in [6, 6.07) is 6.59. The van der Waals surface area contributed by atoms with E-state index in [1.807, 2.05) is 29.2 Å². The van der Waals surface area contributed by atoms with Gasteiger partial charge in [-0.25, -0.2) is 4.98 Å². The number of esters is 1. The lowest BCUT2D eigenvalue weighted by Gasteiger charge is -2.36. The first-order chi connectivity index (χ1) is 28.6. The molecule has 1 heterocycles. The summed E-state index contributed by atoms with van der Waals surface area (Å²) >= 11 is 1.21. The normalized spacial score (nSPS) is 13.0. The van der Waals surface area contributed by atoms with Crippen LogP contribution >= 0.6 is 11.3 Å². The Morgan fingerprint density at radius 1 is 0.950 bits per heavy atom. The molecule has 0 aliphatic rings. The molecule has 6 N–H and O–H groups in total. The number of ether oxygens (including phenoxy) is 3. The van der Waals surface area contributed by atoms with Crippen LogP contribution < -0.4 is 21.7 Å². The summed E-state index contributed by atoms with van der Waals surface area (Å²) in [7, 11) is 0. The highest BCUT2D eigenvalue weighted by molar-refractivity contribution is 7.09. The summed E-state index contributed by atoms with van der Waals surface area (Å²) in [5.74, 6) is -1.99. The number of unbranched alkanes of at least 4 members (excludes halogenated alkanes) is 4. The topological polar surface area (TPSA) is 212 Å². The second-order valence-corrected chi connectivity index (χ2v) is 17.0. The van der Waals surface area contributed by atoms with Crippen LogP contribution in [-0.4, -0.2) is 109 Å². The average Bonchev–Trinajstić information content (AvgIpc) is 3.70. The molecule has 3 atom stereocenters. The Kier molecular flexibility index (Phi) is 24.6. The zero-order valence-corrected chi connectivity index (χ0v) is 37.8. The number of nitrogens with one attached hydrogen (secondary N) is 3. The fraction of sp³-hybridized carbons (Fsp3) is 0.682. The Morgan fingerprint density at radius 2 is 1.63 bits per heavy atom. The number of aliphatic carboxylic acids is 1. The fourth-order valence-corrected chi connectivity index (χ4v) is 7.51. The number of hydrogen-bond acceptors (Lipinski definition) is 12. The van der Waals surface area contributed by atoms with E-state index in [2.05, 4.69) is 48.6 Å². The number of nitrogens with two attached hydrogens (primary N) is 1. The molecule has 338 valence electrons. The molecule has 2 rings (SSSR count). The van der Waals surface area contributed by atoms with E-state index in [0.717, 1.165) is 49.8 Å². The lowest BCUT2D eigenvalue weighted by Crippen LogP contribution is -2.45. The number of thiazole rings is 1. The van der Waals surface area contributed by atoms with E-state index in [4.69, 9.17) is 19.9 Å². The molecule has 15 nitrogen and oxygen atoms in total. The van der Waals surface area contributed by atoms with Crippen molar-refractivity contribution in [2.75, 3.05) is 57.9 Å². The van der Waals surface area contributed by atoms with Gasteiger partial charge >= 0.3 is 11.9 Å². The third kappa shape index (κ3) is 20.0. The number of carboxylic acids is 1. The Hall–Kier alpha value is -4.12. The van der Waals surface area contributed by atoms with Crippen molar-refractivity contribution in [3.63, 3.8) is 0 Å². The number of aromatic nitrogens is 1. The maximum atomic E-state index is 13.8. The van der Waals surface area contributed by atoms with Gasteiger partial charge in [0.25, 0.3) is 5.91 Å². The highest BCUT2D eigenvalue weighted by Crippen LogP contribution is 2.32. The molecule has 2 aromatic rings. The van der Waals surface area contributed by atoms with Crippen LogP contribution in [0.2, 0.25) is 0 Å². The maximum absolute atomic E-state index is 13.8. The van der Waals surface area contributed by atoms with E-state index in [9.17, 15) is 29.1 Å². The molecule has 60 heavy (non-hydrogen) atoms. The molecule has 0 spiro atoms. The monoisotopic (exact) mass is 861 g/mol. The van der Waals surface area contributed by atoms with Crippen molar-refractivity contribution in [3.05, 3.63) is 45.9 Å². The van der Waals surface area contributed by atoms with Crippen molar-refractivity contribution in [2.45, 2.75) is 131 Å². The van der Waals surface area contributed by atoms with Crippen LogP contribution in [-0.2, 0) is 39.8 Å². The number of amides is 3. The second-order valence-electron chi connectivity index (χ2n) is 16.1. The Labute approximate surface area is 361 Å². The highest BCUT2D eigenvalue weighted by atomic mass is 32.1. The number of carbonyl (C=O) groups is 5. The van der Waals surface area contributed by atoms with Gasteiger partial charge < -0.3 is 45.9 Å². The quantitative estimate of drug-likeness (QED) is 0.0416. The number of carbonyl (C=O) groups excluding carboxylic acids is 4. The van der Waals surface area contributed by atoms with Gasteiger partial charge in [0.2, 0.25) is 11.8 Å². The number of carboxylic acid groups (broad SMARTS) is 1. The van der Waals surface area contributed by atoms with Crippen LogP contribution in [0.1, 0.15) is 133 Å². The molecule has 3 unspecified atom stereocenters. The van der Waals surface area contributed by atoms with Gasteiger partial charge in [-0.15, -0.1) is 11.3 Å². The molecule has 0 fully saturated rings. The lowest BCUT2D eigenvalue weighted by atomic mass is 9.84. The molecule has 0 bridgehead atoms. The predicted molar refractivity (Wildman–Crippen MR) is 235 cm³/mol. The minimum atomic E-state index is -1.15. The summed E-state index contributed by atoms with van der Waals surface area (Å²) in [6.07, 6.45) is 6.30. The van der Waals surface area contributed by atoms with E-state index in [0.29, 0.717) is 70.3 Å². The minimum Gasteiger partial charge on any atom is -0.481 e. The van der Waals surface area contributed by atoms with Gasteiger partial charge in [0.1, 0.15) is 10.7 Å². The zero-order valence-electron chi connectivity index (χ0n) is 37.0. The zero-order chi connectivity index (χ0) is 44.5. The lowest BCUT2D eigenvalue weighted by molar-refractivity contribution is -0.149. The van der Waals surface area contributed by atoms with Crippen LogP contribution in [0.25, 0.3) is 0 Å². The molecule has 0 radical (unpaired) electrons. The first kappa shape index (κ1) is 52.0. The summed E-state index contributed by atoms with van der Waals surface area (Å²) in [6.45, 7) is 16.1. The van der Waals surface area contributed by atoms with E-state index in [1.165, 1.54) is 18.3 Å². The first-order valence-corrected chi connectivity index (χ1v) is 22.4. The first-order valence-electron chi connectivity index (χ1n) is 21.5. The average molecular weight is 861 g/mol.